The molecule has 0 bridgehead atoms. The van der Waals surface area contributed by atoms with Crippen molar-refractivity contribution in [2.24, 2.45) is 0 Å². The molecule has 0 aromatic heterocycles. The van der Waals surface area contributed by atoms with Crippen LogP contribution in [0, 0.1) is 6.92 Å². The van der Waals surface area contributed by atoms with Crippen LogP contribution in [0.4, 0.5) is 0 Å². The van der Waals surface area contributed by atoms with Crippen molar-refractivity contribution in [1.82, 2.24) is 0 Å². The Labute approximate surface area is 119 Å². The molecule has 0 nitrogen and oxygen atoms in total. The standard InChI is InChI=1S/C11H10.C4H10.C4H8/c1-9-5-4-7-10-6-2-3-8-11(9)10;2*1-3-4-2/h2-8H,1H3;3-4H2,1-2H3;3-4H,1-2H3/b;;4-3-. The Kier molecular flexibility index (Phi) is 10.6. The van der Waals surface area contributed by atoms with Crippen LogP contribution in [0.15, 0.2) is 54.6 Å². The van der Waals surface area contributed by atoms with Crippen molar-refractivity contribution in [3.05, 3.63) is 60.2 Å². The Bertz CT molecular complexity index is 455. The fraction of sp³-hybridized carbons (Fsp3) is 0.368. The second-order valence-electron chi connectivity index (χ2n) is 4.46. The van der Waals surface area contributed by atoms with Gasteiger partial charge in [-0.15, -0.1) is 0 Å². The quantitative estimate of drug-likeness (QED) is 0.508. The smallest absolute Gasteiger partial charge is 0.0155 e. The van der Waals surface area contributed by atoms with E-state index in [1.807, 2.05) is 26.0 Å². The summed E-state index contributed by atoms with van der Waals surface area (Å²) in [7, 11) is 0. The minimum Gasteiger partial charge on any atom is -0.0919 e. The van der Waals surface area contributed by atoms with E-state index in [0.717, 1.165) is 0 Å². The van der Waals surface area contributed by atoms with Gasteiger partial charge in [0.05, 0.1) is 0 Å². The zero-order valence-corrected chi connectivity index (χ0v) is 13.1. The summed E-state index contributed by atoms with van der Waals surface area (Å²) in [6, 6.07) is 14.8. The van der Waals surface area contributed by atoms with Gasteiger partial charge >= 0.3 is 0 Å². The molecule has 0 heteroatoms. The molecular formula is C19H28. The van der Waals surface area contributed by atoms with E-state index in [1.54, 1.807) is 0 Å². The van der Waals surface area contributed by atoms with Crippen LogP contribution in [0.3, 0.4) is 0 Å². The molecular weight excluding hydrogens is 228 g/mol. The lowest BCUT2D eigenvalue weighted by atomic mass is 10.1. The number of rotatable bonds is 1. The van der Waals surface area contributed by atoms with E-state index in [9.17, 15) is 0 Å². The molecule has 0 aliphatic carbocycles. The fourth-order valence-corrected chi connectivity index (χ4v) is 1.39. The summed E-state index contributed by atoms with van der Waals surface area (Å²) in [5, 5.41) is 2.68. The number of hydrogen-bond donors (Lipinski definition) is 0. The van der Waals surface area contributed by atoms with E-state index < -0.39 is 0 Å². The van der Waals surface area contributed by atoms with Crippen LogP contribution in [-0.2, 0) is 0 Å². The molecule has 19 heavy (non-hydrogen) atoms. The molecule has 0 spiro atoms. The lowest BCUT2D eigenvalue weighted by molar-refractivity contribution is 0.886. The van der Waals surface area contributed by atoms with Crippen LogP contribution in [0.2, 0.25) is 0 Å². The van der Waals surface area contributed by atoms with Gasteiger partial charge in [0.25, 0.3) is 0 Å². The Morgan fingerprint density at radius 3 is 1.79 bits per heavy atom. The highest BCUT2D eigenvalue weighted by atomic mass is 14.0. The van der Waals surface area contributed by atoms with Gasteiger partial charge in [0.2, 0.25) is 0 Å². The van der Waals surface area contributed by atoms with Gasteiger partial charge in [0.1, 0.15) is 0 Å². The molecule has 0 saturated carbocycles. The van der Waals surface area contributed by atoms with Gasteiger partial charge in [-0.2, -0.15) is 0 Å². The normalized spacial score (nSPS) is 9.53. The van der Waals surface area contributed by atoms with Crippen molar-refractivity contribution in [3.8, 4) is 0 Å². The van der Waals surface area contributed by atoms with E-state index in [1.165, 1.54) is 29.2 Å². The van der Waals surface area contributed by atoms with Crippen LogP contribution in [-0.4, -0.2) is 0 Å². The summed E-state index contributed by atoms with van der Waals surface area (Å²) in [5.74, 6) is 0. The van der Waals surface area contributed by atoms with Gasteiger partial charge < -0.3 is 0 Å². The summed E-state index contributed by atoms with van der Waals surface area (Å²) < 4.78 is 0. The van der Waals surface area contributed by atoms with Crippen molar-refractivity contribution in [2.45, 2.75) is 47.5 Å². The van der Waals surface area contributed by atoms with E-state index in [2.05, 4.69) is 63.2 Å². The average Bonchev–Trinajstić information content (AvgIpc) is 2.48. The summed E-state index contributed by atoms with van der Waals surface area (Å²) in [6.07, 6.45) is 6.64. The highest BCUT2D eigenvalue weighted by Gasteiger charge is 1.92. The molecule has 0 amide bonds. The first kappa shape index (κ1) is 17.4. The maximum absolute atomic E-state index is 2.18. The Morgan fingerprint density at radius 2 is 1.32 bits per heavy atom. The molecule has 0 atom stereocenters. The average molecular weight is 256 g/mol. The number of aryl methyl sites for hydroxylation is 1. The summed E-state index contributed by atoms with van der Waals surface area (Å²) in [6.45, 7) is 10.5. The maximum atomic E-state index is 2.18. The number of fused-ring (bicyclic) bond motifs is 1. The Morgan fingerprint density at radius 1 is 0.789 bits per heavy atom. The van der Waals surface area contributed by atoms with Gasteiger partial charge in [0.15, 0.2) is 0 Å². The SMILES string of the molecule is C/C=C\C.CCCC.Cc1cccc2ccccc12. The van der Waals surface area contributed by atoms with Crippen LogP contribution in [0.1, 0.15) is 46.1 Å². The highest BCUT2D eigenvalue weighted by Crippen LogP contribution is 2.16. The molecule has 2 aromatic rings. The van der Waals surface area contributed by atoms with Crippen molar-refractivity contribution < 1.29 is 0 Å². The Balaban J connectivity index is 0.000000342. The largest absolute Gasteiger partial charge is 0.0919 e. The number of hydrogen-bond acceptors (Lipinski definition) is 0. The second-order valence-corrected chi connectivity index (χ2v) is 4.46. The van der Waals surface area contributed by atoms with Crippen LogP contribution in [0.5, 0.6) is 0 Å². The van der Waals surface area contributed by atoms with Gasteiger partial charge in [-0.1, -0.05) is 81.3 Å². The van der Waals surface area contributed by atoms with E-state index in [-0.39, 0.29) is 0 Å². The van der Waals surface area contributed by atoms with Crippen LogP contribution < -0.4 is 0 Å². The van der Waals surface area contributed by atoms with Crippen molar-refractivity contribution >= 4 is 10.8 Å². The molecule has 0 saturated heterocycles. The van der Waals surface area contributed by atoms with Gasteiger partial charge in [0, 0.05) is 0 Å². The van der Waals surface area contributed by atoms with Gasteiger partial charge in [-0.05, 0) is 37.1 Å². The highest BCUT2D eigenvalue weighted by molar-refractivity contribution is 5.85. The van der Waals surface area contributed by atoms with Crippen LogP contribution in [0.25, 0.3) is 10.8 Å². The minimum atomic E-state index is 1.32. The first-order valence-corrected chi connectivity index (χ1v) is 7.22. The number of unbranched alkanes of at least 4 members (excludes halogenated alkanes) is 1. The molecule has 0 unspecified atom stereocenters. The van der Waals surface area contributed by atoms with E-state index in [0.29, 0.717) is 0 Å². The summed E-state index contributed by atoms with van der Waals surface area (Å²) in [4.78, 5) is 0. The first-order valence-electron chi connectivity index (χ1n) is 7.22. The predicted molar refractivity (Wildman–Crippen MR) is 89.8 cm³/mol. The predicted octanol–water partition coefficient (Wildman–Crippen LogP) is 6.54. The first-order chi connectivity index (χ1) is 9.21. The zero-order chi connectivity index (χ0) is 14.5. The summed E-state index contributed by atoms with van der Waals surface area (Å²) in [5.41, 5.74) is 1.35. The molecule has 0 aliphatic rings. The maximum Gasteiger partial charge on any atom is -0.0155 e. The topological polar surface area (TPSA) is 0 Å². The number of benzene rings is 2. The lowest BCUT2D eigenvalue weighted by Gasteiger charge is -1.98. The molecule has 0 aliphatic heterocycles. The fourth-order valence-electron chi connectivity index (χ4n) is 1.39. The van der Waals surface area contributed by atoms with E-state index >= 15 is 0 Å². The molecule has 2 rings (SSSR count). The third kappa shape index (κ3) is 7.46. The lowest BCUT2D eigenvalue weighted by Crippen LogP contribution is -1.75. The van der Waals surface area contributed by atoms with Crippen molar-refractivity contribution in [1.29, 1.82) is 0 Å². The summed E-state index contributed by atoms with van der Waals surface area (Å²) >= 11 is 0. The van der Waals surface area contributed by atoms with Crippen molar-refractivity contribution in [2.75, 3.05) is 0 Å². The van der Waals surface area contributed by atoms with E-state index in [4.69, 9.17) is 0 Å². The monoisotopic (exact) mass is 256 g/mol. The molecule has 0 N–H and O–H groups in total. The molecule has 2 aromatic carbocycles. The molecule has 0 heterocycles. The van der Waals surface area contributed by atoms with Crippen LogP contribution >= 0.6 is 0 Å². The van der Waals surface area contributed by atoms with Gasteiger partial charge in [-0.3, -0.25) is 0 Å². The minimum absolute atomic E-state index is 1.32. The number of allylic oxidation sites excluding steroid dienone is 2. The van der Waals surface area contributed by atoms with Crippen molar-refractivity contribution in [3.63, 3.8) is 0 Å². The molecule has 0 radical (unpaired) electrons. The molecule has 0 fully saturated rings. The third-order valence-electron chi connectivity index (χ3n) is 2.84. The van der Waals surface area contributed by atoms with Gasteiger partial charge in [-0.25, -0.2) is 0 Å². The second kappa shape index (κ2) is 11.5. The zero-order valence-electron chi connectivity index (χ0n) is 13.1. The molecule has 104 valence electrons. The third-order valence-corrected chi connectivity index (χ3v) is 2.84. The Hall–Kier alpha value is -1.56.